The zero-order chi connectivity index (χ0) is 15.2. The second-order valence-corrected chi connectivity index (χ2v) is 5.51. The second kappa shape index (κ2) is 7.43. The summed E-state index contributed by atoms with van der Waals surface area (Å²) in [6.45, 7) is 4.57. The van der Waals surface area contributed by atoms with E-state index in [4.69, 9.17) is 10.5 Å². The van der Waals surface area contributed by atoms with E-state index in [0.29, 0.717) is 31.8 Å². The van der Waals surface area contributed by atoms with Gasteiger partial charge in [0.2, 0.25) is 0 Å². The Morgan fingerprint density at radius 1 is 1.43 bits per heavy atom. The van der Waals surface area contributed by atoms with E-state index < -0.39 is 0 Å². The highest BCUT2D eigenvalue weighted by Crippen LogP contribution is 2.20. The maximum atomic E-state index is 12.4. The molecule has 0 unspecified atom stereocenters. The van der Waals surface area contributed by atoms with Crippen LogP contribution in [0.15, 0.2) is 18.2 Å². The maximum absolute atomic E-state index is 12.4. The number of likely N-dealkylation sites (tertiary alicyclic amines) is 1. The molecule has 5 heteroatoms. The summed E-state index contributed by atoms with van der Waals surface area (Å²) in [6, 6.07) is 4.99. The lowest BCUT2D eigenvalue weighted by molar-refractivity contribution is 0.00844. The third-order valence-electron chi connectivity index (χ3n) is 3.87. The van der Waals surface area contributed by atoms with Crippen LogP contribution in [0.25, 0.3) is 0 Å². The van der Waals surface area contributed by atoms with Gasteiger partial charge < -0.3 is 20.5 Å². The van der Waals surface area contributed by atoms with Crippen LogP contribution in [-0.4, -0.2) is 48.3 Å². The molecule has 1 fully saturated rings. The first-order valence-corrected chi connectivity index (χ1v) is 7.52. The summed E-state index contributed by atoms with van der Waals surface area (Å²) in [6.07, 6.45) is 2.86. The molecule has 1 amide bonds. The van der Waals surface area contributed by atoms with Gasteiger partial charge in [0, 0.05) is 25.3 Å². The van der Waals surface area contributed by atoms with Gasteiger partial charge in [0.15, 0.2) is 0 Å². The van der Waals surface area contributed by atoms with Crippen LogP contribution in [0.3, 0.4) is 0 Å². The Morgan fingerprint density at radius 3 is 2.76 bits per heavy atom. The average molecular weight is 292 g/mol. The first kappa shape index (κ1) is 15.8. The minimum Gasteiger partial charge on any atom is -0.508 e. The number of benzene rings is 1. The molecule has 1 aliphatic rings. The molecule has 5 nitrogen and oxygen atoms in total. The lowest BCUT2D eigenvalue weighted by Crippen LogP contribution is -2.41. The van der Waals surface area contributed by atoms with Crippen molar-refractivity contribution in [3.63, 3.8) is 0 Å². The predicted octanol–water partition coefficient (Wildman–Crippen LogP) is 1.67. The summed E-state index contributed by atoms with van der Waals surface area (Å²) in [5, 5.41) is 9.52. The van der Waals surface area contributed by atoms with Crippen LogP contribution in [0.5, 0.6) is 5.75 Å². The number of aryl methyl sites for hydroxylation is 1. The summed E-state index contributed by atoms with van der Waals surface area (Å²) < 4.78 is 5.74. The molecule has 0 atom stereocenters. The molecule has 0 aromatic heterocycles. The molecule has 0 radical (unpaired) electrons. The summed E-state index contributed by atoms with van der Waals surface area (Å²) in [5.74, 6) is 0.247. The van der Waals surface area contributed by atoms with Crippen molar-refractivity contribution < 1.29 is 14.6 Å². The van der Waals surface area contributed by atoms with E-state index in [9.17, 15) is 9.90 Å². The van der Waals surface area contributed by atoms with Crippen LogP contribution >= 0.6 is 0 Å². The largest absolute Gasteiger partial charge is 0.508 e. The zero-order valence-electron chi connectivity index (χ0n) is 12.5. The van der Waals surface area contributed by atoms with E-state index in [1.54, 1.807) is 25.1 Å². The fraction of sp³-hybridized carbons (Fsp3) is 0.562. The summed E-state index contributed by atoms with van der Waals surface area (Å²) in [7, 11) is 0. The van der Waals surface area contributed by atoms with Crippen molar-refractivity contribution in [3.8, 4) is 5.75 Å². The minimum absolute atomic E-state index is 0.0264. The van der Waals surface area contributed by atoms with Gasteiger partial charge in [-0.2, -0.15) is 0 Å². The van der Waals surface area contributed by atoms with Crippen molar-refractivity contribution in [1.29, 1.82) is 0 Å². The van der Waals surface area contributed by atoms with Crippen LogP contribution in [0.4, 0.5) is 0 Å². The van der Waals surface area contributed by atoms with Crippen molar-refractivity contribution >= 4 is 5.91 Å². The van der Waals surface area contributed by atoms with E-state index in [1.807, 2.05) is 4.90 Å². The highest BCUT2D eigenvalue weighted by Gasteiger charge is 2.24. The summed E-state index contributed by atoms with van der Waals surface area (Å²) >= 11 is 0. The van der Waals surface area contributed by atoms with Gasteiger partial charge in [-0.1, -0.05) is 0 Å². The number of phenols is 1. The van der Waals surface area contributed by atoms with E-state index >= 15 is 0 Å². The van der Waals surface area contributed by atoms with Crippen LogP contribution in [0.1, 0.15) is 35.2 Å². The first-order chi connectivity index (χ1) is 10.1. The smallest absolute Gasteiger partial charge is 0.253 e. The van der Waals surface area contributed by atoms with E-state index in [0.717, 1.165) is 24.8 Å². The average Bonchev–Trinajstić information content (AvgIpc) is 2.50. The molecule has 21 heavy (non-hydrogen) atoms. The van der Waals surface area contributed by atoms with Gasteiger partial charge in [-0.3, -0.25) is 4.79 Å². The van der Waals surface area contributed by atoms with E-state index in [2.05, 4.69) is 0 Å². The van der Waals surface area contributed by atoms with Crippen LogP contribution in [0, 0.1) is 6.92 Å². The Hall–Kier alpha value is -1.59. The Bertz CT molecular complexity index is 482. The number of piperidine rings is 1. The number of rotatable bonds is 5. The van der Waals surface area contributed by atoms with Crippen molar-refractivity contribution in [2.75, 3.05) is 26.2 Å². The second-order valence-electron chi connectivity index (χ2n) is 5.51. The fourth-order valence-electron chi connectivity index (χ4n) is 2.53. The van der Waals surface area contributed by atoms with Crippen molar-refractivity contribution in [2.24, 2.45) is 5.73 Å². The van der Waals surface area contributed by atoms with E-state index in [1.165, 1.54) is 0 Å². The topological polar surface area (TPSA) is 75.8 Å². The Morgan fingerprint density at radius 2 is 2.14 bits per heavy atom. The lowest BCUT2D eigenvalue weighted by Gasteiger charge is -2.32. The summed E-state index contributed by atoms with van der Waals surface area (Å²) in [4.78, 5) is 14.3. The zero-order valence-corrected chi connectivity index (χ0v) is 12.5. The number of phenolic OH excluding ortho intramolecular Hbond substituents is 1. The van der Waals surface area contributed by atoms with Crippen LogP contribution < -0.4 is 5.73 Å². The molecular weight excluding hydrogens is 268 g/mol. The Balaban J connectivity index is 1.86. The highest BCUT2D eigenvalue weighted by molar-refractivity contribution is 5.94. The SMILES string of the molecule is Cc1cc(C(=O)N2CCC(OCCCN)CC2)ccc1O. The van der Waals surface area contributed by atoms with E-state index in [-0.39, 0.29) is 17.8 Å². The standard InChI is InChI=1S/C16H24N2O3/c1-12-11-13(3-4-15(12)19)16(20)18-8-5-14(6-9-18)21-10-2-7-17/h3-4,11,14,19H,2,5-10,17H2,1H3. The number of hydrogen-bond acceptors (Lipinski definition) is 4. The predicted molar refractivity (Wildman–Crippen MR) is 81.4 cm³/mol. The number of carbonyl (C=O) groups is 1. The number of hydrogen-bond donors (Lipinski definition) is 2. The molecule has 2 rings (SSSR count). The van der Waals surface area contributed by atoms with Crippen molar-refractivity contribution in [3.05, 3.63) is 29.3 Å². The molecule has 1 aliphatic heterocycles. The van der Waals surface area contributed by atoms with Gasteiger partial charge >= 0.3 is 0 Å². The molecule has 0 saturated carbocycles. The third-order valence-corrected chi connectivity index (χ3v) is 3.87. The molecule has 1 aromatic carbocycles. The molecule has 116 valence electrons. The quantitative estimate of drug-likeness (QED) is 0.809. The lowest BCUT2D eigenvalue weighted by atomic mass is 10.0. The minimum atomic E-state index is 0.0264. The molecule has 1 saturated heterocycles. The molecule has 1 heterocycles. The normalized spacial score (nSPS) is 16.2. The number of nitrogens with two attached hydrogens (primary N) is 1. The summed E-state index contributed by atoms with van der Waals surface area (Å²) in [5.41, 5.74) is 6.80. The number of amides is 1. The van der Waals surface area contributed by atoms with Gasteiger partial charge in [0.05, 0.1) is 6.10 Å². The Labute approximate surface area is 125 Å². The molecule has 0 aliphatic carbocycles. The monoisotopic (exact) mass is 292 g/mol. The van der Waals surface area contributed by atoms with Crippen molar-refractivity contribution in [1.82, 2.24) is 4.90 Å². The van der Waals surface area contributed by atoms with Gasteiger partial charge in [0.1, 0.15) is 5.75 Å². The number of aromatic hydroxyl groups is 1. The van der Waals surface area contributed by atoms with Gasteiger partial charge in [-0.15, -0.1) is 0 Å². The van der Waals surface area contributed by atoms with Crippen LogP contribution in [-0.2, 0) is 4.74 Å². The van der Waals surface area contributed by atoms with Crippen LogP contribution in [0.2, 0.25) is 0 Å². The molecule has 0 bridgehead atoms. The van der Waals surface area contributed by atoms with Gasteiger partial charge in [0.25, 0.3) is 5.91 Å². The number of carbonyl (C=O) groups excluding carboxylic acids is 1. The fourth-order valence-corrected chi connectivity index (χ4v) is 2.53. The Kier molecular flexibility index (Phi) is 5.59. The highest BCUT2D eigenvalue weighted by atomic mass is 16.5. The van der Waals surface area contributed by atoms with Gasteiger partial charge in [-0.25, -0.2) is 0 Å². The number of nitrogens with zero attached hydrogens (tertiary/aromatic N) is 1. The van der Waals surface area contributed by atoms with Gasteiger partial charge in [-0.05, 0) is 56.5 Å². The number of ether oxygens (including phenoxy) is 1. The molecule has 3 N–H and O–H groups in total. The molecule has 1 aromatic rings. The molecule has 0 spiro atoms. The maximum Gasteiger partial charge on any atom is 0.253 e. The van der Waals surface area contributed by atoms with Crippen molar-refractivity contribution in [2.45, 2.75) is 32.3 Å². The molecular formula is C16H24N2O3. The third kappa shape index (κ3) is 4.19. The first-order valence-electron chi connectivity index (χ1n) is 7.52.